The second-order valence-corrected chi connectivity index (χ2v) is 1.68. The van der Waals surface area contributed by atoms with Gasteiger partial charge in [0, 0.05) is 0 Å². The van der Waals surface area contributed by atoms with E-state index < -0.39 is 20.6 Å². The molecular formula is H6K2O6Sn. The van der Waals surface area contributed by atoms with Crippen molar-refractivity contribution < 1.29 is 129 Å². The van der Waals surface area contributed by atoms with Crippen LogP contribution in [0.4, 0.5) is 0 Å². The van der Waals surface area contributed by atoms with Crippen molar-refractivity contribution in [2.75, 3.05) is 0 Å². The normalized spacial score (nSPS) is 2.89. The first-order valence-corrected chi connectivity index (χ1v) is 4.11. The standard InChI is InChI=1S/2K.3H2O.3O.Sn/h;;3*1H2;;;;/q2*+1;;;;;2*-1;. The molecule has 0 saturated carbocycles. The van der Waals surface area contributed by atoms with Crippen LogP contribution in [0.15, 0.2) is 0 Å². The summed E-state index contributed by atoms with van der Waals surface area (Å²) in [6.45, 7) is 0. The van der Waals surface area contributed by atoms with Crippen LogP contribution in [0.5, 0.6) is 0 Å². The molecule has 0 fully saturated rings. The topological polar surface area (TPSA) is 158 Å². The van der Waals surface area contributed by atoms with Crippen LogP contribution in [0.1, 0.15) is 0 Å². The monoisotopic (exact) mass is 300 g/mol. The molecule has 0 bridgehead atoms. The second kappa shape index (κ2) is 29.9. The van der Waals surface area contributed by atoms with Crippen LogP contribution in [0, 0.1) is 0 Å². The van der Waals surface area contributed by atoms with Gasteiger partial charge < -0.3 is 16.4 Å². The average molecular weight is 299 g/mol. The Kier molecular flexibility index (Phi) is 129. The Morgan fingerprint density at radius 3 is 0.889 bits per heavy atom. The van der Waals surface area contributed by atoms with Gasteiger partial charge >= 0.3 is 133 Å². The van der Waals surface area contributed by atoms with Crippen LogP contribution in [0.25, 0.3) is 0 Å². The van der Waals surface area contributed by atoms with Crippen LogP contribution in [-0.4, -0.2) is 37.0 Å². The zero-order valence-electron chi connectivity index (χ0n) is 5.22. The molecule has 0 aromatic carbocycles. The summed E-state index contributed by atoms with van der Waals surface area (Å²) in [6, 6.07) is 0. The summed E-state index contributed by atoms with van der Waals surface area (Å²) in [5, 5.41) is 0. The molecule has 6 nitrogen and oxygen atoms in total. The van der Waals surface area contributed by atoms with E-state index in [0.717, 1.165) is 0 Å². The molecule has 0 aromatic rings. The van der Waals surface area contributed by atoms with Crippen molar-refractivity contribution >= 4 is 20.6 Å². The summed E-state index contributed by atoms with van der Waals surface area (Å²) in [6.07, 6.45) is 0. The van der Waals surface area contributed by atoms with Crippen molar-refractivity contribution in [3.8, 4) is 0 Å². The van der Waals surface area contributed by atoms with Crippen LogP contribution in [0.3, 0.4) is 0 Å². The molecule has 0 aromatic heterocycles. The van der Waals surface area contributed by atoms with E-state index in [1.54, 1.807) is 0 Å². The van der Waals surface area contributed by atoms with E-state index in [-0.39, 0.29) is 119 Å². The molecule has 0 rings (SSSR count). The third kappa shape index (κ3) is 81.0. The molecule has 9 heteroatoms. The Morgan fingerprint density at radius 2 is 0.889 bits per heavy atom. The zero-order valence-corrected chi connectivity index (χ0v) is 14.3. The first kappa shape index (κ1) is 38.8. The fourth-order valence-electron chi connectivity index (χ4n) is 0. The molecule has 0 radical (unpaired) electrons. The van der Waals surface area contributed by atoms with Crippen molar-refractivity contribution in [1.82, 2.24) is 0 Å². The summed E-state index contributed by atoms with van der Waals surface area (Å²) in [4.78, 5) is 0. The van der Waals surface area contributed by atoms with Gasteiger partial charge in [-0.3, -0.25) is 0 Å². The van der Waals surface area contributed by atoms with Gasteiger partial charge in [-0.05, 0) is 0 Å². The summed E-state index contributed by atoms with van der Waals surface area (Å²) >= 11 is -4.29. The first-order valence-electron chi connectivity index (χ1n) is 0.612. The van der Waals surface area contributed by atoms with Crippen molar-refractivity contribution in [2.24, 2.45) is 0 Å². The summed E-state index contributed by atoms with van der Waals surface area (Å²) in [5.41, 5.74) is 0. The van der Waals surface area contributed by atoms with Gasteiger partial charge in [0.1, 0.15) is 0 Å². The van der Waals surface area contributed by atoms with Gasteiger partial charge in [-0.2, -0.15) is 0 Å². The van der Waals surface area contributed by atoms with Gasteiger partial charge in [-0.25, -0.2) is 0 Å². The van der Waals surface area contributed by atoms with E-state index in [0.29, 0.717) is 0 Å². The molecule has 0 aliphatic heterocycles. The Morgan fingerprint density at radius 1 is 0.889 bits per heavy atom. The van der Waals surface area contributed by atoms with Crippen molar-refractivity contribution in [3.05, 3.63) is 0 Å². The molecule has 9 heavy (non-hydrogen) atoms. The van der Waals surface area contributed by atoms with Gasteiger partial charge in [-0.1, -0.05) is 0 Å². The molecular weight excluding hydrogens is 293 g/mol. The molecule has 6 N–H and O–H groups in total. The second-order valence-electron chi connectivity index (χ2n) is 0.250. The van der Waals surface area contributed by atoms with Gasteiger partial charge in [0.15, 0.2) is 0 Å². The quantitative estimate of drug-likeness (QED) is 0.407. The van der Waals surface area contributed by atoms with E-state index >= 15 is 0 Å². The van der Waals surface area contributed by atoms with E-state index in [1.165, 1.54) is 0 Å². The number of hydrogen-bond acceptors (Lipinski definition) is 3. The Labute approximate surface area is 145 Å². The first-order chi connectivity index (χ1) is 1.73. The van der Waals surface area contributed by atoms with Crippen molar-refractivity contribution in [1.29, 1.82) is 0 Å². The Balaban J connectivity index is -0.00000000450. The average Bonchev–Trinajstić information content (AvgIpc) is 0.811. The predicted molar refractivity (Wildman–Crippen MR) is 17.3 cm³/mol. The Hall–Kier alpha value is 3.67. The molecule has 0 aliphatic rings. The van der Waals surface area contributed by atoms with E-state index in [1.807, 2.05) is 0 Å². The number of hydrogen-bond donors (Lipinski definition) is 0. The van der Waals surface area contributed by atoms with Crippen molar-refractivity contribution in [2.45, 2.75) is 0 Å². The van der Waals surface area contributed by atoms with Gasteiger partial charge in [-0.15, -0.1) is 0 Å². The van der Waals surface area contributed by atoms with Gasteiger partial charge in [0.05, 0.1) is 0 Å². The summed E-state index contributed by atoms with van der Waals surface area (Å²) in [5.74, 6) is 0. The third-order valence-corrected chi connectivity index (χ3v) is 0. The van der Waals surface area contributed by atoms with E-state index in [2.05, 4.69) is 0 Å². The zero-order chi connectivity index (χ0) is 3.58. The Bertz CT molecular complexity index is 34.0. The summed E-state index contributed by atoms with van der Waals surface area (Å²) in [7, 11) is 0. The maximum atomic E-state index is 8.61. The molecule has 48 valence electrons. The minimum absolute atomic E-state index is 0. The molecule has 0 amide bonds. The SMILES string of the molecule is O.O.O.[K+].[K+].[O]=[Sn]([O-])[O-]. The molecule has 0 spiro atoms. The number of rotatable bonds is 0. The van der Waals surface area contributed by atoms with Crippen LogP contribution in [-0.2, 0) is 3.08 Å². The molecule has 0 unspecified atom stereocenters. The third-order valence-electron chi connectivity index (χ3n) is 0. The minimum atomic E-state index is -4.29. The maximum absolute atomic E-state index is 8.61. The fourth-order valence-corrected chi connectivity index (χ4v) is 0. The van der Waals surface area contributed by atoms with Crippen LogP contribution < -0.4 is 110 Å². The van der Waals surface area contributed by atoms with E-state index in [9.17, 15) is 0 Å². The predicted octanol–water partition coefficient (Wildman–Crippen LogP) is -11.3. The molecule has 0 heterocycles. The molecule has 0 atom stereocenters. The van der Waals surface area contributed by atoms with Crippen LogP contribution >= 0.6 is 0 Å². The molecule has 0 saturated heterocycles. The van der Waals surface area contributed by atoms with Crippen molar-refractivity contribution in [3.63, 3.8) is 0 Å². The van der Waals surface area contributed by atoms with Gasteiger partial charge in [0.2, 0.25) is 0 Å². The van der Waals surface area contributed by atoms with Gasteiger partial charge in [0.25, 0.3) is 0 Å². The summed E-state index contributed by atoms with van der Waals surface area (Å²) < 4.78 is 25.8. The molecule has 0 aliphatic carbocycles. The fraction of sp³-hybridized carbons (Fsp3) is 0. The van der Waals surface area contributed by atoms with E-state index in [4.69, 9.17) is 9.96 Å². The van der Waals surface area contributed by atoms with Crippen LogP contribution in [0.2, 0.25) is 0 Å².